The maximum atomic E-state index is 4.36. The Balaban J connectivity index is 1.74. The molecule has 1 N–H and O–H groups in total. The molecule has 0 saturated heterocycles. The fourth-order valence-corrected chi connectivity index (χ4v) is 1.71. The normalized spacial score (nSPS) is 10.7. The average molecular weight is 276 g/mol. The highest BCUT2D eigenvalue weighted by Crippen LogP contribution is 2.15. The molecule has 0 atom stereocenters. The molecular weight excluding hydrogens is 264 g/mol. The van der Waals surface area contributed by atoms with Gasteiger partial charge in [0.1, 0.15) is 0 Å². The van der Waals surface area contributed by atoms with Crippen molar-refractivity contribution in [2.45, 2.75) is 0 Å². The second-order valence-electron chi connectivity index (χ2n) is 4.18. The highest BCUT2D eigenvalue weighted by molar-refractivity contribution is 5.79. The molecule has 6 nitrogen and oxygen atoms in total. The summed E-state index contributed by atoms with van der Waals surface area (Å²) in [6, 6.07) is 13.5. The lowest BCUT2D eigenvalue weighted by Gasteiger charge is -2.01. The third kappa shape index (κ3) is 3.44. The molecule has 21 heavy (non-hydrogen) atoms. The predicted octanol–water partition coefficient (Wildman–Crippen LogP) is 2.38. The third-order valence-electron chi connectivity index (χ3n) is 2.71. The Labute approximate surface area is 121 Å². The van der Waals surface area contributed by atoms with Gasteiger partial charge in [-0.2, -0.15) is 10.2 Å². The number of nitrogens with zero attached hydrogens (tertiary/aromatic N) is 5. The van der Waals surface area contributed by atoms with Crippen LogP contribution in [0.5, 0.6) is 0 Å². The molecule has 0 aliphatic rings. The van der Waals surface area contributed by atoms with E-state index in [1.807, 2.05) is 42.5 Å². The van der Waals surface area contributed by atoms with Crippen LogP contribution in [0.25, 0.3) is 11.3 Å². The van der Waals surface area contributed by atoms with Crippen molar-refractivity contribution in [1.82, 2.24) is 20.2 Å². The molecule has 0 bridgehead atoms. The number of hydrogen-bond acceptors (Lipinski definition) is 6. The highest BCUT2D eigenvalue weighted by Gasteiger charge is 2.01. The molecule has 2 heterocycles. The van der Waals surface area contributed by atoms with E-state index in [0.717, 1.165) is 16.8 Å². The Morgan fingerprint density at radius 2 is 1.81 bits per heavy atom. The number of hydrogen-bond donors (Lipinski definition) is 1. The van der Waals surface area contributed by atoms with Crippen molar-refractivity contribution in [3.05, 3.63) is 66.6 Å². The summed E-state index contributed by atoms with van der Waals surface area (Å²) in [5, 5.41) is 11.9. The third-order valence-corrected chi connectivity index (χ3v) is 2.71. The standard InChI is InChI=1S/C15H12N6/c1-2-4-13(5-3-1)14-11-18-21-15(19-14)20-17-10-12-6-8-16-9-7-12/h1-11H,(H,19,20,21). The Hall–Kier alpha value is -3.15. The van der Waals surface area contributed by atoms with Gasteiger partial charge in [-0.25, -0.2) is 10.4 Å². The predicted molar refractivity (Wildman–Crippen MR) is 80.7 cm³/mol. The van der Waals surface area contributed by atoms with Crippen molar-refractivity contribution < 1.29 is 0 Å². The van der Waals surface area contributed by atoms with Gasteiger partial charge in [-0.3, -0.25) is 4.98 Å². The molecule has 3 aromatic rings. The summed E-state index contributed by atoms with van der Waals surface area (Å²) in [7, 11) is 0. The molecule has 0 fully saturated rings. The van der Waals surface area contributed by atoms with Crippen LogP contribution < -0.4 is 5.43 Å². The van der Waals surface area contributed by atoms with E-state index < -0.39 is 0 Å². The topological polar surface area (TPSA) is 76.0 Å². The van der Waals surface area contributed by atoms with Gasteiger partial charge in [-0.1, -0.05) is 30.3 Å². The van der Waals surface area contributed by atoms with Crippen LogP contribution in [0.15, 0.2) is 66.2 Å². The molecule has 0 aliphatic carbocycles. The lowest BCUT2D eigenvalue weighted by atomic mass is 10.2. The molecule has 2 aromatic heterocycles. The van der Waals surface area contributed by atoms with E-state index in [4.69, 9.17) is 0 Å². The summed E-state index contributed by atoms with van der Waals surface area (Å²) in [5.74, 6) is 0.349. The van der Waals surface area contributed by atoms with E-state index in [2.05, 4.69) is 30.7 Å². The summed E-state index contributed by atoms with van der Waals surface area (Å²) in [4.78, 5) is 8.30. The first-order chi connectivity index (χ1) is 10.4. The molecule has 0 amide bonds. The van der Waals surface area contributed by atoms with E-state index in [-0.39, 0.29) is 0 Å². The largest absolute Gasteiger partial charge is 0.265 e. The summed E-state index contributed by atoms with van der Waals surface area (Å²) in [5.41, 5.74) is 5.43. The summed E-state index contributed by atoms with van der Waals surface area (Å²) in [6.07, 6.45) is 6.69. The maximum absolute atomic E-state index is 4.36. The number of rotatable bonds is 4. The van der Waals surface area contributed by atoms with Crippen LogP contribution in [0.4, 0.5) is 5.95 Å². The molecule has 0 unspecified atom stereocenters. The van der Waals surface area contributed by atoms with Crippen LogP contribution in [-0.4, -0.2) is 26.4 Å². The Morgan fingerprint density at radius 1 is 1.00 bits per heavy atom. The number of aromatic nitrogens is 4. The molecule has 102 valence electrons. The molecule has 6 heteroatoms. The van der Waals surface area contributed by atoms with E-state index in [9.17, 15) is 0 Å². The minimum atomic E-state index is 0.349. The van der Waals surface area contributed by atoms with Crippen molar-refractivity contribution in [3.8, 4) is 11.3 Å². The molecule has 0 spiro atoms. The van der Waals surface area contributed by atoms with E-state index >= 15 is 0 Å². The van der Waals surface area contributed by atoms with E-state index in [1.54, 1.807) is 24.8 Å². The minimum absolute atomic E-state index is 0.349. The van der Waals surface area contributed by atoms with Gasteiger partial charge in [0.15, 0.2) is 0 Å². The van der Waals surface area contributed by atoms with Gasteiger partial charge in [0.05, 0.1) is 18.1 Å². The first-order valence-corrected chi connectivity index (χ1v) is 6.36. The average Bonchev–Trinajstić information content (AvgIpc) is 2.57. The van der Waals surface area contributed by atoms with Gasteiger partial charge in [0.25, 0.3) is 5.95 Å². The maximum Gasteiger partial charge on any atom is 0.263 e. The number of anilines is 1. The van der Waals surface area contributed by atoms with Crippen LogP contribution in [0.3, 0.4) is 0 Å². The van der Waals surface area contributed by atoms with Gasteiger partial charge in [0.2, 0.25) is 0 Å². The zero-order valence-corrected chi connectivity index (χ0v) is 11.1. The molecule has 0 aliphatic heterocycles. The lowest BCUT2D eigenvalue weighted by Crippen LogP contribution is -1.99. The van der Waals surface area contributed by atoms with Crippen molar-refractivity contribution in [2.24, 2.45) is 5.10 Å². The van der Waals surface area contributed by atoms with Crippen LogP contribution in [0.1, 0.15) is 5.56 Å². The number of benzene rings is 1. The van der Waals surface area contributed by atoms with Gasteiger partial charge in [0, 0.05) is 18.0 Å². The summed E-state index contributed by atoms with van der Waals surface area (Å²) < 4.78 is 0. The van der Waals surface area contributed by atoms with Gasteiger partial charge in [-0.15, -0.1) is 5.10 Å². The van der Waals surface area contributed by atoms with Crippen molar-refractivity contribution in [3.63, 3.8) is 0 Å². The van der Waals surface area contributed by atoms with E-state index in [0.29, 0.717) is 5.95 Å². The van der Waals surface area contributed by atoms with Crippen LogP contribution in [-0.2, 0) is 0 Å². The highest BCUT2D eigenvalue weighted by atomic mass is 15.4. The zero-order chi connectivity index (χ0) is 14.3. The molecular formula is C15H12N6. The van der Waals surface area contributed by atoms with Gasteiger partial charge >= 0.3 is 0 Å². The number of nitrogens with one attached hydrogen (secondary N) is 1. The first-order valence-electron chi connectivity index (χ1n) is 6.36. The summed E-state index contributed by atoms with van der Waals surface area (Å²) >= 11 is 0. The molecule has 0 radical (unpaired) electrons. The van der Waals surface area contributed by atoms with Crippen molar-refractivity contribution in [2.75, 3.05) is 5.43 Å². The van der Waals surface area contributed by atoms with Crippen LogP contribution in [0.2, 0.25) is 0 Å². The first kappa shape index (κ1) is 12.9. The van der Waals surface area contributed by atoms with Gasteiger partial charge in [-0.05, 0) is 17.7 Å². The van der Waals surface area contributed by atoms with Crippen molar-refractivity contribution in [1.29, 1.82) is 0 Å². The second kappa shape index (κ2) is 6.33. The minimum Gasteiger partial charge on any atom is -0.265 e. The number of hydrazone groups is 1. The fraction of sp³-hybridized carbons (Fsp3) is 0. The quantitative estimate of drug-likeness (QED) is 0.585. The zero-order valence-electron chi connectivity index (χ0n) is 11.1. The monoisotopic (exact) mass is 276 g/mol. The lowest BCUT2D eigenvalue weighted by molar-refractivity contribution is 0.967. The number of pyridine rings is 1. The van der Waals surface area contributed by atoms with Crippen molar-refractivity contribution >= 4 is 12.2 Å². The summed E-state index contributed by atoms with van der Waals surface area (Å²) in [6.45, 7) is 0. The van der Waals surface area contributed by atoms with E-state index in [1.165, 1.54) is 0 Å². The molecule has 3 rings (SSSR count). The van der Waals surface area contributed by atoms with Gasteiger partial charge < -0.3 is 0 Å². The Morgan fingerprint density at radius 3 is 2.62 bits per heavy atom. The van der Waals surface area contributed by atoms with Crippen LogP contribution in [0, 0.1) is 0 Å². The fourth-order valence-electron chi connectivity index (χ4n) is 1.71. The molecule has 0 saturated carbocycles. The molecule has 1 aromatic carbocycles. The smallest absolute Gasteiger partial charge is 0.263 e. The second-order valence-corrected chi connectivity index (χ2v) is 4.18. The van der Waals surface area contributed by atoms with Crippen LogP contribution >= 0.6 is 0 Å². The Kier molecular flexibility index (Phi) is 3.88. The SMILES string of the molecule is C(=NNc1nncc(-c2ccccc2)n1)c1ccncc1. The Bertz CT molecular complexity index is 727.